The maximum Gasteiger partial charge on any atom is 0.324 e. The van der Waals surface area contributed by atoms with Crippen LogP contribution in [0.4, 0.5) is 4.79 Å². The van der Waals surface area contributed by atoms with Crippen molar-refractivity contribution in [2.45, 2.75) is 19.4 Å². The molecule has 0 spiro atoms. The van der Waals surface area contributed by atoms with Gasteiger partial charge >= 0.3 is 6.03 Å². The molecule has 3 rings (SSSR count). The van der Waals surface area contributed by atoms with E-state index in [1.54, 1.807) is 11.3 Å². The molecule has 0 bridgehead atoms. The molecule has 1 N–H and O–H groups in total. The van der Waals surface area contributed by atoms with Crippen molar-refractivity contribution in [3.05, 3.63) is 22.4 Å². The smallest absolute Gasteiger partial charge is 0.324 e. The molecule has 7 nitrogen and oxygen atoms in total. The van der Waals surface area contributed by atoms with Gasteiger partial charge in [0.25, 0.3) is 0 Å². The lowest BCUT2D eigenvalue weighted by molar-refractivity contribution is -0.133. The van der Waals surface area contributed by atoms with Crippen LogP contribution in [0, 0.1) is 0 Å². The molecule has 1 aromatic rings. The van der Waals surface area contributed by atoms with Crippen LogP contribution in [-0.2, 0) is 16.1 Å². The van der Waals surface area contributed by atoms with Gasteiger partial charge in [-0.3, -0.25) is 19.8 Å². The molecule has 0 aromatic carbocycles. The molecule has 8 heteroatoms. The summed E-state index contributed by atoms with van der Waals surface area (Å²) in [5, 5.41) is 6.52. The topological polar surface area (TPSA) is 73.0 Å². The maximum absolute atomic E-state index is 12.3. The largest absolute Gasteiger partial charge is 0.340 e. The Balaban J connectivity index is 1.39. The highest BCUT2D eigenvalue weighted by Crippen LogP contribution is 2.12. The first kappa shape index (κ1) is 16.9. The molecule has 0 atom stereocenters. The number of nitrogens with one attached hydrogen (secondary N) is 1. The molecule has 2 aliphatic rings. The van der Waals surface area contributed by atoms with Crippen LogP contribution in [0.2, 0.25) is 0 Å². The number of urea groups is 1. The number of thiophene rings is 1. The van der Waals surface area contributed by atoms with E-state index in [-0.39, 0.29) is 17.8 Å². The Morgan fingerprint density at radius 3 is 2.62 bits per heavy atom. The first-order valence-corrected chi connectivity index (χ1v) is 9.16. The second-order valence-corrected chi connectivity index (χ2v) is 6.91. The highest BCUT2D eigenvalue weighted by Gasteiger charge is 2.25. The predicted octanol–water partition coefficient (Wildman–Crippen LogP) is 0.724. The van der Waals surface area contributed by atoms with E-state index in [2.05, 4.69) is 27.0 Å². The summed E-state index contributed by atoms with van der Waals surface area (Å²) in [6.07, 6.45) is 0.618. The third kappa shape index (κ3) is 4.33. The summed E-state index contributed by atoms with van der Waals surface area (Å²) >= 11 is 1.70. The van der Waals surface area contributed by atoms with Crippen LogP contribution in [0.3, 0.4) is 0 Å². The van der Waals surface area contributed by atoms with Gasteiger partial charge in [0, 0.05) is 58.7 Å². The van der Waals surface area contributed by atoms with Crippen molar-refractivity contribution in [3.63, 3.8) is 0 Å². The summed E-state index contributed by atoms with van der Waals surface area (Å²) < 4.78 is 0. The second kappa shape index (κ2) is 7.76. The average Bonchev–Trinajstić information content (AvgIpc) is 3.07. The Morgan fingerprint density at radius 2 is 1.96 bits per heavy atom. The third-order valence-electron chi connectivity index (χ3n) is 4.45. The minimum absolute atomic E-state index is 0.0786. The van der Waals surface area contributed by atoms with Gasteiger partial charge in [-0.2, -0.15) is 11.3 Å². The van der Waals surface area contributed by atoms with E-state index in [9.17, 15) is 14.4 Å². The molecular formula is C16H22N4O3S. The summed E-state index contributed by atoms with van der Waals surface area (Å²) in [5.74, 6) is -0.167. The number of carbonyl (C=O) groups is 3. The Kier molecular flexibility index (Phi) is 5.47. The zero-order valence-electron chi connectivity index (χ0n) is 13.6. The zero-order chi connectivity index (χ0) is 16.9. The molecular weight excluding hydrogens is 328 g/mol. The van der Waals surface area contributed by atoms with Crippen molar-refractivity contribution in [2.75, 3.05) is 39.3 Å². The minimum Gasteiger partial charge on any atom is -0.340 e. The van der Waals surface area contributed by atoms with Gasteiger partial charge in [0.2, 0.25) is 11.8 Å². The SMILES string of the molecule is O=C1CCN(CCC(=O)N2CCN(Cc3ccsc3)CC2)C(=O)N1. The van der Waals surface area contributed by atoms with Crippen molar-refractivity contribution in [2.24, 2.45) is 0 Å². The van der Waals surface area contributed by atoms with E-state index in [4.69, 9.17) is 0 Å². The number of piperazine rings is 1. The van der Waals surface area contributed by atoms with Crippen LogP contribution in [-0.4, -0.2) is 71.8 Å². The third-order valence-corrected chi connectivity index (χ3v) is 5.18. The average molecular weight is 350 g/mol. The number of imide groups is 1. The summed E-state index contributed by atoms with van der Waals surface area (Å²) in [7, 11) is 0. The van der Waals surface area contributed by atoms with Crippen molar-refractivity contribution in [3.8, 4) is 0 Å². The quantitative estimate of drug-likeness (QED) is 0.849. The number of nitrogens with zero attached hydrogens (tertiary/aromatic N) is 3. The predicted molar refractivity (Wildman–Crippen MR) is 90.5 cm³/mol. The molecule has 1 aromatic heterocycles. The fraction of sp³-hybridized carbons (Fsp3) is 0.562. The lowest BCUT2D eigenvalue weighted by Gasteiger charge is -2.35. The summed E-state index contributed by atoms with van der Waals surface area (Å²) in [5.41, 5.74) is 1.32. The fourth-order valence-corrected chi connectivity index (χ4v) is 3.66. The molecule has 130 valence electrons. The van der Waals surface area contributed by atoms with Gasteiger partial charge in [-0.1, -0.05) is 0 Å². The molecule has 2 aliphatic heterocycles. The van der Waals surface area contributed by atoms with Crippen LogP contribution in [0.1, 0.15) is 18.4 Å². The first-order valence-electron chi connectivity index (χ1n) is 8.22. The highest BCUT2D eigenvalue weighted by atomic mass is 32.1. The van der Waals surface area contributed by atoms with E-state index in [0.717, 1.165) is 32.7 Å². The van der Waals surface area contributed by atoms with Gasteiger partial charge in [-0.25, -0.2) is 4.79 Å². The second-order valence-electron chi connectivity index (χ2n) is 6.13. The van der Waals surface area contributed by atoms with E-state index >= 15 is 0 Å². The molecule has 0 saturated carbocycles. The van der Waals surface area contributed by atoms with Gasteiger partial charge in [-0.05, 0) is 22.4 Å². The van der Waals surface area contributed by atoms with Crippen LogP contribution in [0.15, 0.2) is 16.8 Å². The highest BCUT2D eigenvalue weighted by molar-refractivity contribution is 7.07. The summed E-state index contributed by atoms with van der Waals surface area (Å²) in [6, 6.07) is 1.75. The van der Waals surface area contributed by atoms with E-state index < -0.39 is 0 Å². The van der Waals surface area contributed by atoms with E-state index in [1.807, 2.05) is 4.90 Å². The molecule has 0 aliphatic carbocycles. The lowest BCUT2D eigenvalue weighted by Crippen LogP contribution is -2.51. The zero-order valence-corrected chi connectivity index (χ0v) is 14.4. The molecule has 2 fully saturated rings. The van der Waals surface area contributed by atoms with E-state index in [0.29, 0.717) is 25.9 Å². The standard InChI is InChI=1S/C16H22N4O3S/c21-14-1-4-20(16(23)17-14)5-2-15(22)19-8-6-18(7-9-19)11-13-3-10-24-12-13/h3,10,12H,1-2,4-9,11H2,(H,17,21,23). The van der Waals surface area contributed by atoms with Crippen molar-refractivity contribution in [1.82, 2.24) is 20.0 Å². The van der Waals surface area contributed by atoms with Crippen molar-refractivity contribution in [1.29, 1.82) is 0 Å². The molecule has 2 saturated heterocycles. The number of carbonyl (C=O) groups excluding carboxylic acids is 3. The van der Waals surface area contributed by atoms with E-state index in [1.165, 1.54) is 10.5 Å². The van der Waals surface area contributed by atoms with Crippen LogP contribution in [0.25, 0.3) is 0 Å². The molecule has 4 amide bonds. The summed E-state index contributed by atoms with van der Waals surface area (Å²) in [6.45, 7) is 4.91. The molecule has 0 unspecified atom stereocenters. The number of hydrogen-bond acceptors (Lipinski definition) is 5. The normalized spacial score (nSPS) is 19.5. The Morgan fingerprint density at radius 1 is 1.17 bits per heavy atom. The molecule has 0 radical (unpaired) electrons. The maximum atomic E-state index is 12.3. The fourth-order valence-electron chi connectivity index (χ4n) is 3.00. The van der Waals surface area contributed by atoms with Gasteiger partial charge in [0.1, 0.15) is 0 Å². The van der Waals surface area contributed by atoms with Gasteiger partial charge in [0.05, 0.1) is 0 Å². The lowest BCUT2D eigenvalue weighted by atomic mass is 10.2. The van der Waals surface area contributed by atoms with Crippen molar-refractivity contribution < 1.29 is 14.4 Å². The molecule has 3 heterocycles. The Bertz CT molecular complexity index is 596. The summed E-state index contributed by atoms with van der Waals surface area (Å²) in [4.78, 5) is 40.8. The van der Waals surface area contributed by atoms with Crippen LogP contribution in [0.5, 0.6) is 0 Å². The molecule has 24 heavy (non-hydrogen) atoms. The van der Waals surface area contributed by atoms with Crippen LogP contribution >= 0.6 is 11.3 Å². The van der Waals surface area contributed by atoms with Gasteiger partial charge in [-0.15, -0.1) is 0 Å². The Labute approximate surface area is 145 Å². The van der Waals surface area contributed by atoms with Gasteiger partial charge < -0.3 is 9.80 Å². The number of hydrogen-bond donors (Lipinski definition) is 1. The van der Waals surface area contributed by atoms with Crippen molar-refractivity contribution >= 4 is 29.2 Å². The number of rotatable bonds is 5. The monoisotopic (exact) mass is 350 g/mol. The first-order chi connectivity index (χ1) is 11.6. The Hall–Kier alpha value is -1.93. The minimum atomic E-state index is -0.389. The number of amides is 4. The van der Waals surface area contributed by atoms with Crippen LogP contribution < -0.4 is 5.32 Å². The van der Waals surface area contributed by atoms with Gasteiger partial charge in [0.15, 0.2) is 0 Å².